The summed E-state index contributed by atoms with van der Waals surface area (Å²) < 4.78 is 2.09. The van der Waals surface area contributed by atoms with Crippen molar-refractivity contribution in [2.45, 2.75) is 66.6 Å². The standard InChI is InChI=1S/C16H32N4/c1-6-19(7-2)11-9-10-14(4)17-13-16-12-15(5)18-20(16)8-3/h12,14,17H,6-11,13H2,1-5H3. The molecule has 4 heteroatoms. The second-order valence-electron chi connectivity index (χ2n) is 5.54. The minimum atomic E-state index is 0.561. The highest BCUT2D eigenvalue weighted by molar-refractivity contribution is 5.08. The molecular formula is C16H32N4. The zero-order chi connectivity index (χ0) is 15.0. The summed E-state index contributed by atoms with van der Waals surface area (Å²) in [7, 11) is 0. The highest BCUT2D eigenvalue weighted by Crippen LogP contribution is 2.05. The van der Waals surface area contributed by atoms with E-state index >= 15 is 0 Å². The fourth-order valence-corrected chi connectivity index (χ4v) is 2.56. The Hall–Kier alpha value is -0.870. The Labute approximate surface area is 124 Å². The lowest BCUT2D eigenvalue weighted by Gasteiger charge is -2.19. The topological polar surface area (TPSA) is 33.1 Å². The average Bonchev–Trinajstić information content (AvgIpc) is 2.81. The summed E-state index contributed by atoms with van der Waals surface area (Å²) >= 11 is 0. The van der Waals surface area contributed by atoms with Crippen LogP contribution in [0.1, 0.15) is 51.9 Å². The van der Waals surface area contributed by atoms with Gasteiger partial charge in [-0.05, 0) is 59.3 Å². The molecule has 0 saturated carbocycles. The third kappa shape index (κ3) is 5.63. The van der Waals surface area contributed by atoms with Crippen molar-refractivity contribution in [2.75, 3.05) is 19.6 Å². The van der Waals surface area contributed by atoms with Gasteiger partial charge in [-0.15, -0.1) is 0 Å². The molecule has 1 atom stereocenters. The monoisotopic (exact) mass is 280 g/mol. The number of nitrogens with one attached hydrogen (secondary N) is 1. The molecule has 0 amide bonds. The molecule has 1 rings (SSSR count). The third-order valence-corrected chi connectivity index (χ3v) is 3.92. The zero-order valence-corrected chi connectivity index (χ0v) is 13.9. The number of hydrogen-bond acceptors (Lipinski definition) is 3. The molecular weight excluding hydrogens is 248 g/mol. The number of rotatable bonds is 10. The number of aryl methyl sites for hydroxylation is 2. The van der Waals surface area contributed by atoms with Gasteiger partial charge in [-0.2, -0.15) is 5.10 Å². The molecule has 0 spiro atoms. The average molecular weight is 280 g/mol. The minimum absolute atomic E-state index is 0.561. The summed E-state index contributed by atoms with van der Waals surface area (Å²) in [5.41, 5.74) is 2.40. The van der Waals surface area contributed by atoms with Crippen molar-refractivity contribution in [3.8, 4) is 0 Å². The van der Waals surface area contributed by atoms with Gasteiger partial charge in [0, 0.05) is 19.1 Å². The predicted octanol–water partition coefficient (Wildman–Crippen LogP) is 2.81. The predicted molar refractivity (Wildman–Crippen MR) is 86.0 cm³/mol. The van der Waals surface area contributed by atoms with E-state index < -0.39 is 0 Å². The molecule has 0 aromatic carbocycles. The van der Waals surface area contributed by atoms with Gasteiger partial charge in [-0.1, -0.05) is 13.8 Å². The van der Waals surface area contributed by atoms with E-state index in [9.17, 15) is 0 Å². The lowest BCUT2D eigenvalue weighted by molar-refractivity contribution is 0.290. The summed E-state index contributed by atoms with van der Waals surface area (Å²) in [6.07, 6.45) is 2.50. The number of hydrogen-bond donors (Lipinski definition) is 1. The van der Waals surface area contributed by atoms with Gasteiger partial charge in [0.05, 0.1) is 11.4 Å². The van der Waals surface area contributed by atoms with E-state index in [4.69, 9.17) is 0 Å². The molecule has 0 aliphatic rings. The Morgan fingerprint density at radius 3 is 2.60 bits per heavy atom. The first kappa shape index (κ1) is 17.2. The normalized spacial score (nSPS) is 13.1. The molecule has 116 valence electrons. The van der Waals surface area contributed by atoms with Crippen LogP contribution in [0, 0.1) is 6.92 Å². The van der Waals surface area contributed by atoms with Crippen LogP contribution in [0.3, 0.4) is 0 Å². The van der Waals surface area contributed by atoms with Crippen LogP contribution in [0.5, 0.6) is 0 Å². The summed E-state index contributed by atoms with van der Waals surface area (Å²) in [6, 6.07) is 2.74. The van der Waals surface area contributed by atoms with Crippen LogP contribution in [-0.4, -0.2) is 40.4 Å². The van der Waals surface area contributed by atoms with Crippen LogP contribution >= 0.6 is 0 Å². The van der Waals surface area contributed by atoms with E-state index in [1.165, 1.54) is 25.1 Å². The van der Waals surface area contributed by atoms with Crippen molar-refractivity contribution in [1.29, 1.82) is 0 Å². The lowest BCUT2D eigenvalue weighted by Crippen LogP contribution is -2.29. The molecule has 1 aromatic heterocycles. The maximum Gasteiger partial charge on any atom is 0.0597 e. The molecule has 1 heterocycles. The summed E-state index contributed by atoms with van der Waals surface area (Å²) in [5, 5.41) is 8.10. The van der Waals surface area contributed by atoms with Crippen molar-refractivity contribution in [1.82, 2.24) is 20.0 Å². The second-order valence-corrected chi connectivity index (χ2v) is 5.54. The second kappa shape index (κ2) is 9.14. The number of nitrogens with zero attached hydrogens (tertiary/aromatic N) is 3. The Balaban J connectivity index is 2.27. The molecule has 0 bridgehead atoms. The highest BCUT2D eigenvalue weighted by Gasteiger charge is 2.07. The molecule has 1 unspecified atom stereocenters. The van der Waals surface area contributed by atoms with Gasteiger partial charge < -0.3 is 10.2 Å². The van der Waals surface area contributed by atoms with Gasteiger partial charge in [0.1, 0.15) is 0 Å². The highest BCUT2D eigenvalue weighted by atomic mass is 15.3. The molecule has 1 N–H and O–H groups in total. The smallest absolute Gasteiger partial charge is 0.0597 e. The zero-order valence-electron chi connectivity index (χ0n) is 13.9. The van der Waals surface area contributed by atoms with Crippen molar-refractivity contribution in [3.05, 3.63) is 17.5 Å². The Kier molecular flexibility index (Phi) is 7.85. The van der Waals surface area contributed by atoms with Gasteiger partial charge in [-0.25, -0.2) is 0 Å². The van der Waals surface area contributed by atoms with E-state index in [-0.39, 0.29) is 0 Å². The van der Waals surface area contributed by atoms with Crippen LogP contribution in [0.15, 0.2) is 6.07 Å². The van der Waals surface area contributed by atoms with Crippen LogP contribution in [0.25, 0.3) is 0 Å². The SMILES string of the molecule is CCN(CC)CCCC(C)NCc1cc(C)nn1CC. The Bertz CT molecular complexity index is 369. The van der Waals surface area contributed by atoms with Crippen molar-refractivity contribution >= 4 is 0 Å². The molecule has 0 fully saturated rings. The molecule has 0 aliphatic heterocycles. The minimum Gasteiger partial charge on any atom is -0.309 e. The number of aromatic nitrogens is 2. The molecule has 1 aromatic rings. The summed E-state index contributed by atoms with van der Waals surface area (Å²) in [6.45, 7) is 16.3. The van der Waals surface area contributed by atoms with Crippen molar-refractivity contribution in [3.63, 3.8) is 0 Å². The fourth-order valence-electron chi connectivity index (χ4n) is 2.56. The maximum atomic E-state index is 4.48. The first-order chi connectivity index (χ1) is 9.60. The van der Waals surface area contributed by atoms with Gasteiger partial charge >= 0.3 is 0 Å². The largest absolute Gasteiger partial charge is 0.309 e. The van der Waals surface area contributed by atoms with Crippen molar-refractivity contribution in [2.24, 2.45) is 0 Å². The third-order valence-electron chi connectivity index (χ3n) is 3.92. The lowest BCUT2D eigenvalue weighted by atomic mass is 10.1. The van der Waals surface area contributed by atoms with Gasteiger partial charge in [0.25, 0.3) is 0 Å². The van der Waals surface area contributed by atoms with Gasteiger partial charge in [0.2, 0.25) is 0 Å². The quantitative estimate of drug-likeness (QED) is 0.715. The van der Waals surface area contributed by atoms with Gasteiger partial charge in [-0.3, -0.25) is 4.68 Å². The van der Waals surface area contributed by atoms with E-state index in [0.717, 1.165) is 31.9 Å². The van der Waals surface area contributed by atoms with E-state index in [1.807, 2.05) is 0 Å². The molecule has 20 heavy (non-hydrogen) atoms. The summed E-state index contributed by atoms with van der Waals surface area (Å²) in [4.78, 5) is 2.49. The first-order valence-corrected chi connectivity index (χ1v) is 8.09. The Morgan fingerprint density at radius 1 is 1.30 bits per heavy atom. The Morgan fingerprint density at radius 2 is 2.00 bits per heavy atom. The van der Waals surface area contributed by atoms with E-state index in [1.54, 1.807) is 0 Å². The van der Waals surface area contributed by atoms with E-state index in [2.05, 4.69) is 60.7 Å². The first-order valence-electron chi connectivity index (χ1n) is 8.09. The molecule has 0 aliphatic carbocycles. The summed E-state index contributed by atoms with van der Waals surface area (Å²) in [5.74, 6) is 0. The van der Waals surface area contributed by atoms with Crippen LogP contribution < -0.4 is 5.32 Å². The molecule has 0 saturated heterocycles. The fraction of sp³-hybridized carbons (Fsp3) is 0.812. The van der Waals surface area contributed by atoms with Crippen LogP contribution in [0.4, 0.5) is 0 Å². The van der Waals surface area contributed by atoms with Gasteiger partial charge in [0.15, 0.2) is 0 Å². The maximum absolute atomic E-state index is 4.48. The van der Waals surface area contributed by atoms with Crippen LogP contribution in [-0.2, 0) is 13.1 Å². The van der Waals surface area contributed by atoms with Crippen LogP contribution in [0.2, 0.25) is 0 Å². The van der Waals surface area contributed by atoms with Crippen molar-refractivity contribution < 1.29 is 0 Å². The molecule has 4 nitrogen and oxygen atoms in total. The van der Waals surface area contributed by atoms with E-state index in [0.29, 0.717) is 6.04 Å². The molecule has 0 radical (unpaired) electrons.